The summed E-state index contributed by atoms with van der Waals surface area (Å²) in [4.78, 5) is 21.5. The van der Waals surface area contributed by atoms with Crippen molar-refractivity contribution in [1.82, 2.24) is 0 Å². The van der Waals surface area contributed by atoms with Crippen molar-refractivity contribution >= 4 is 40.8 Å². The zero-order chi connectivity index (χ0) is 20.7. The van der Waals surface area contributed by atoms with Gasteiger partial charge in [-0.3, -0.25) is 0 Å². The Morgan fingerprint density at radius 2 is 1.75 bits per heavy atom. The van der Waals surface area contributed by atoms with Crippen LogP contribution in [0.15, 0.2) is 30.4 Å². The second kappa shape index (κ2) is 10.7. The summed E-state index contributed by atoms with van der Waals surface area (Å²) in [6.45, 7) is 2.16. The second-order valence-electron chi connectivity index (χ2n) is 6.99. The van der Waals surface area contributed by atoms with E-state index in [1.807, 2.05) is 19.2 Å². The van der Waals surface area contributed by atoms with Crippen molar-refractivity contribution in [3.8, 4) is 0 Å². The van der Waals surface area contributed by atoms with E-state index in [0.29, 0.717) is 34.2 Å². The molecule has 8 heteroatoms. The number of carboxylic acid groups (broad SMARTS) is 2. The molecule has 0 spiro atoms. The molecule has 154 valence electrons. The molecule has 1 heterocycles. The molecule has 2 fully saturated rings. The van der Waals surface area contributed by atoms with Gasteiger partial charge in [-0.25, -0.2) is 9.59 Å². The van der Waals surface area contributed by atoms with Crippen LogP contribution in [0.4, 0.5) is 5.69 Å². The van der Waals surface area contributed by atoms with E-state index < -0.39 is 11.9 Å². The van der Waals surface area contributed by atoms with Gasteiger partial charge in [0.1, 0.15) is 0 Å². The van der Waals surface area contributed by atoms with Gasteiger partial charge in [-0.1, -0.05) is 23.2 Å². The van der Waals surface area contributed by atoms with E-state index in [1.165, 1.54) is 31.4 Å². The molecule has 1 saturated carbocycles. The first kappa shape index (κ1) is 22.5. The molecule has 2 atom stereocenters. The third-order valence-corrected chi connectivity index (χ3v) is 5.66. The summed E-state index contributed by atoms with van der Waals surface area (Å²) in [5, 5.41) is 16.9. The predicted octanol–water partition coefficient (Wildman–Crippen LogP) is 4.35. The van der Waals surface area contributed by atoms with Gasteiger partial charge in [0.15, 0.2) is 0 Å². The zero-order valence-electron chi connectivity index (χ0n) is 15.7. The predicted molar refractivity (Wildman–Crippen MR) is 109 cm³/mol. The number of piperidine rings is 1. The average Bonchev–Trinajstić information content (AvgIpc) is 3.49. The van der Waals surface area contributed by atoms with Crippen LogP contribution in [0.25, 0.3) is 0 Å². The highest BCUT2D eigenvalue weighted by molar-refractivity contribution is 6.42. The molecule has 3 rings (SSSR count). The minimum Gasteiger partial charge on any atom is -0.478 e. The Balaban J connectivity index is 0.000000300. The number of carboxylic acids is 2. The van der Waals surface area contributed by atoms with Gasteiger partial charge in [0.25, 0.3) is 0 Å². The van der Waals surface area contributed by atoms with E-state index in [-0.39, 0.29) is 0 Å². The molecule has 2 unspecified atom stereocenters. The quantitative estimate of drug-likeness (QED) is 0.653. The van der Waals surface area contributed by atoms with E-state index in [9.17, 15) is 9.59 Å². The fraction of sp³-hybridized carbons (Fsp3) is 0.500. The van der Waals surface area contributed by atoms with Crippen LogP contribution in [0.1, 0.15) is 25.7 Å². The Kier molecular flexibility index (Phi) is 8.60. The van der Waals surface area contributed by atoms with E-state index in [0.717, 1.165) is 19.0 Å². The maximum atomic E-state index is 9.55. The number of hydrogen-bond acceptors (Lipinski definition) is 4. The van der Waals surface area contributed by atoms with E-state index in [2.05, 4.69) is 11.0 Å². The minimum atomic E-state index is -1.26. The molecule has 0 aromatic heterocycles. The van der Waals surface area contributed by atoms with Crippen LogP contribution >= 0.6 is 23.2 Å². The van der Waals surface area contributed by atoms with Crippen LogP contribution < -0.4 is 4.90 Å². The molecule has 1 aromatic carbocycles. The van der Waals surface area contributed by atoms with Gasteiger partial charge in [0.2, 0.25) is 0 Å². The molecule has 1 saturated heterocycles. The summed E-state index contributed by atoms with van der Waals surface area (Å²) in [7, 11) is 1.86. The number of hydrogen-bond donors (Lipinski definition) is 2. The van der Waals surface area contributed by atoms with Crippen molar-refractivity contribution in [2.75, 3.05) is 25.1 Å². The minimum absolute atomic E-state index is 0.431. The SMILES string of the molecule is COC(C1CC1)C1CCCN(c2ccc(Cl)c(Cl)c2)C1.O=C(O)/C=C/C(=O)O. The maximum absolute atomic E-state index is 9.55. The van der Waals surface area contributed by atoms with E-state index in [4.69, 9.17) is 38.2 Å². The number of methoxy groups -OCH3 is 1. The molecule has 0 radical (unpaired) electrons. The summed E-state index contributed by atoms with van der Waals surface area (Å²) in [6, 6.07) is 5.93. The number of anilines is 1. The van der Waals surface area contributed by atoms with Crippen LogP contribution in [-0.4, -0.2) is 48.5 Å². The summed E-state index contributed by atoms with van der Waals surface area (Å²) < 4.78 is 5.77. The van der Waals surface area contributed by atoms with Gasteiger partial charge in [-0.15, -0.1) is 0 Å². The summed E-state index contributed by atoms with van der Waals surface area (Å²) in [5.74, 6) is -1.09. The summed E-state index contributed by atoms with van der Waals surface area (Å²) >= 11 is 12.1. The third kappa shape index (κ3) is 7.00. The van der Waals surface area contributed by atoms with Crippen LogP contribution in [-0.2, 0) is 14.3 Å². The Morgan fingerprint density at radius 1 is 1.11 bits per heavy atom. The lowest BCUT2D eigenvalue weighted by Crippen LogP contribution is -2.41. The number of rotatable bonds is 6. The molecular weight excluding hydrogens is 405 g/mol. The topological polar surface area (TPSA) is 87.1 Å². The lowest BCUT2D eigenvalue weighted by molar-refractivity contribution is -0.134. The Morgan fingerprint density at radius 3 is 2.25 bits per heavy atom. The van der Waals surface area contributed by atoms with Crippen molar-refractivity contribution in [1.29, 1.82) is 0 Å². The number of nitrogens with zero attached hydrogens (tertiary/aromatic N) is 1. The zero-order valence-corrected chi connectivity index (χ0v) is 17.2. The molecular formula is C20H25Cl2NO5. The highest BCUT2D eigenvalue weighted by Crippen LogP contribution is 2.40. The lowest BCUT2D eigenvalue weighted by Gasteiger charge is -2.38. The largest absolute Gasteiger partial charge is 0.478 e. The van der Waals surface area contributed by atoms with E-state index in [1.54, 1.807) is 0 Å². The molecule has 0 bridgehead atoms. The normalized spacial score (nSPS) is 20.4. The molecule has 0 amide bonds. The van der Waals surface area contributed by atoms with Crippen molar-refractivity contribution in [3.05, 3.63) is 40.4 Å². The van der Waals surface area contributed by atoms with Crippen LogP contribution in [0.3, 0.4) is 0 Å². The molecule has 1 aliphatic carbocycles. The molecule has 2 aliphatic rings. The van der Waals surface area contributed by atoms with Gasteiger partial charge in [0.05, 0.1) is 16.1 Å². The molecule has 28 heavy (non-hydrogen) atoms. The van der Waals surface area contributed by atoms with Crippen molar-refractivity contribution in [2.45, 2.75) is 31.8 Å². The average molecular weight is 430 g/mol. The number of ether oxygens (including phenoxy) is 1. The van der Waals surface area contributed by atoms with Gasteiger partial charge >= 0.3 is 11.9 Å². The van der Waals surface area contributed by atoms with Crippen molar-refractivity contribution in [2.24, 2.45) is 11.8 Å². The van der Waals surface area contributed by atoms with Gasteiger partial charge in [-0.2, -0.15) is 0 Å². The number of halogens is 2. The van der Waals surface area contributed by atoms with Gasteiger partial charge < -0.3 is 19.8 Å². The van der Waals surface area contributed by atoms with E-state index >= 15 is 0 Å². The third-order valence-electron chi connectivity index (χ3n) is 4.92. The number of benzene rings is 1. The van der Waals surface area contributed by atoms with Gasteiger partial charge in [-0.05, 0) is 49.8 Å². The fourth-order valence-corrected chi connectivity index (χ4v) is 3.82. The van der Waals surface area contributed by atoms with Crippen LogP contribution in [0, 0.1) is 11.8 Å². The number of carbonyl (C=O) groups is 2. The van der Waals surface area contributed by atoms with Crippen molar-refractivity contribution < 1.29 is 24.5 Å². The first-order valence-corrected chi connectivity index (χ1v) is 9.94. The smallest absolute Gasteiger partial charge is 0.328 e. The molecule has 6 nitrogen and oxygen atoms in total. The first-order chi connectivity index (χ1) is 13.3. The molecule has 1 aromatic rings. The monoisotopic (exact) mass is 429 g/mol. The Hall–Kier alpha value is -1.76. The lowest BCUT2D eigenvalue weighted by atomic mass is 9.89. The highest BCUT2D eigenvalue weighted by atomic mass is 35.5. The molecule has 2 N–H and O–H groups in total. The van der Waals surface area contributed by atoms with Crippen molar-refractivity contribution in [3.63, 3.8) is 0 Å². The number of aliphatic carboxylic acids is 2. The van der Waals surface area contributed by atoms with Crippen LogP contribution in [0.2, 0.25) is 10.0 Å². The summed E-state index contributed by atoms with van der Waals surface area (Å²) in [6.07, 6.45) is 6.71. The first-order valence-electron chi connectivity index (χ1n) is 9.18. The maximum Gasteiger partial charge on any atom is 0.328 e. The fourth-order valence-electron chi connectivity index (χ4n) is 3.53. The van der Waals surface area contributed by atoms with Gasteiger partial charge in [0, 0.05) is 44.0 Å². The Labute approximate surface area is 174 Å². The Bertz CT molecular complexity index is 705. The second-order valence-corrected chi connectivity index (χ2v) is 7.81. The molecule has 1 aliphatic heterocycles. The standard InChI is InChI=1S/C16H21Cl2NO.C4H4O4/c1-20-16(11-4-5-11)12-3-2-8-19(10-12)13-6-7-14(17)15(18)9-13;5-3(6)1-2-4(7)8/h6-7,9,11-12,16H,2-5,8,10H2,1H3;1-2H,(H,5,6)(H,7,8)/b;2-1+. The summed E-state index contributed by atoms with van der Waals surface area (Å²) in [5.41, 5.74) is 1.18. The highest BCUT2D eigenvalue weighted by Gasteiger charge is 2.38. The van der Waals surface area contributed by atoms with Crippen LogP contribution in [0.5, 0.6) is 0 Å².